The van der Waals surface area contributed by atoms with Crippen LogP contribution in [0.3, 0.4) is 0 Å². The number of ether oxygens (including phenoxy) is 1. The molecule has 0 radical (unpaired) electrons. The van der Waals surface area contributed by atoms with Crippen molar-refractivity contribution < 1.29 is 31.1 Å². The zero-order chi connectivity index (χ0) is 26.1. The molecule has 0 aromatic heterocycles. The molecule has 35 heavy (non-hydrogen) atoms. The molecule has 5 nitrogen and oxygen atoms in total. The van der Waals surface area contributed by atoms with Gasteiger partial charge in [-0.25, -0.2) is 0 Å². The van der Waals surface area contributed by atoms with Crippen LogP contribution in [-0.2, 0) is 0 Å². The van der Waals surface area contributed by atoms with E-state index in [0.29, 0.717) is 34.1 Å². The second kappa shape index (κ2) is 10.3. The Labute approximate surface area is 204 Å². The first-order valence-electron chi connectivity index (χ1n) is 11.0. The Morgan fingerprint density at radius 3 is 2.31 bits per heavy atom. The summed E-state index contributed by atoms with van der Waals surface area (Å²) in [5.74, 6) is 0.226. The summed E-state index contributed by atoms with van der Waals surface area (Å²) in [5.41, 5.74) is -1.93. The summed E-state index contributed by atoms with van der Waals surface area (Å²) in [6.45, 7) is 6.60. The van der Waals surface area contributed by atoms with Gasteiger partial charge in [0.15, 0.2) is 0 Å². The molecule has 3 rings (SSSR count). The predicted molar refractivity (Wildman–Crippen MR) is 123 cm³/mol. The van der Waals surface area contributed by atoms with E-state index in [0.717, 1.165) is 18.6 Å². The molecule has 1 aliphatic heterocycles. The number of hydrogen-bond acceptors (Lipinski definition) is 5. The van der Waals surface area contributed by atoms with Crippen LogP contribution in [0, 0.1) is 5.92 Å². The third kappa shape index (κ3) is 5.86. The molecular weight excluding hydrogens is 545 g/mol. The van der Waals surface area contributed by atoms with Crippen LogP contribution in [0.4, 0.5) is 37.7 Å². The van der Waals surface area contributed by atoms with Gasteiger partial charge in [0.2, 0.25) is 0 Å². The van der Waals surface area contributed by atoms with E-state index in [1.54, 1.807) is 4.90 Å². The van der Waals surface area contributed by atoms with Crippen molar-refractivity contribution >= 4 is 36.9 Å². The summed E-state index contributed by atoms with van der Waals surface area (Å²) < 4.78 is 85.5. The number of hydrogen-bond donors (Lipinski definition) is 0. The molecule has 12 heteroatoms. The molecule has 192 valence electrons. The van der Waals surface area contributed by atoms with Gasteiger partial charge >= 0.3 is 204 Å². The molecule has 0 saturated carbocycles. The van der Waals surface area contributed by atoms with Crippen LogP contribution in [0.5, 0.6) is 5.75 Å². The van der Waals surface area contributed by atoms with E-state index in [-0.39, 0.29) is 23.8 Å². The minimum atomic E-state index is -5.65. The third-order valence-corrected chi connectivity index (χ3v) is 7.62. The first kappa shape index (κ1) is 27.1. The normalized spacial score (nSPS) is 15.4. The SMILES string of the molecule is CCCCOc1c(C=C2[Se]c3cc(N(C(F)(F)F)C(F)(F)F)ccc3N2CCC(C)C)c(=O)c1=O. The van der Waals surface area contributed by atoms with Gasteiger partial charge in [0.1, 0.15) is 0 Å². The van der Waals surface area contributed by atoms with E-state index in [1.807, 2.05) is 20.8 Å². The number of benzene rings is 1. The number of unbranched alkanes of at least 4 members (excludes halogenated alkanes) is 1. The molecular formula is C23H24F6N2O3Se. The quantitative estimate of drug-likeness (QED) is 0.146. The summed E-state index contributed by atoms with van der Waals surface area (Å²) in [5, 5.41) is 0. The number of anilines is 2. The molecule has 0 aliphatic carbocycles. The summed E-state index contributed by atoms with van der Waals surface area (Å²) in [6, 6.07) is 2.91. The Bertz CT molecular complexity index is 1150. The fourth-order valence-electron chi connectivity index (χ4n) is 3.50. The molecule has 2 aromatic carbocycles. The molecule has 0 amide bonds. The minimum absolute atomic E-state index is 0.0486. The van der Waals surface area contributed by atoms with Crippen molar-refractivity contribution in [3.05, 3.63) is 48.8 Å². The maximum atomic E-state index is 13.2. The van der Waals surface area contributed by atoms with Crippen molar-refractivity contribution in [1.29, 1.82) is 0 Å². The van der Waals surface area contributed by atoms with Crippen LogP contribution in [-0.4, -0.2) is 40.7 Å². The summed E-state index contributed by atoms with van der Waals surface area (Å²) in [4.78, 5) is 24.4. The van der Waals surface area contributed by atoms with E-state index in [4.69, 9.17) is 4.74 Å². The first-order valence-corrected chi connectivity index (χ1v) is 12.7. The third-order valence-electron chi connectivity index (χ3n) is 5.32. The van der Waals surface area contributed by atoms with E-state index < -0.39 is 49.0 Å². The summed E-state index contributed by atoms with van der Waals surface area (Å²) >= 11 is -0.703. The molecule has 0 fully saturated rings. The van der Waals surface area contributed by atoms with Crippen molar-refractivity contribution in [2.75, 3.05) is 23.0 Å². The van der Waals surface area contributed by atoms with Crippen LogP contribution in [0.1, 0.15) is 45.6 Å². The monoisotopic (exact) mass is 570 g/mol. The molecule has 0 spiro atoms. The van der Waals surface area contributed by atoms with Gasteiger partial charge < -0.3 is 0 Å². The van der Waals surface area contributed by atoms with Crippen LogP contribution in [0.2, 0.25) is 0 Å². The van der Waals surface area contributed by atoms with Crippen LogP contribution in [0.15, 0.2) is 32.4 Å². The van der Waals surface area contributed by atoms with Gasteiger partial charge in [-0.05, 0) is 0 Å². The Kier molecular flexibility index (Phi) is 7.96. The van der Waals surface area contributed by atoms with E-state index in [9.17, 15) is 35.9 Å². The van der Waals surface area contributed by atoms with Gasteiger partial charge in [-0.1, -0.05) is 0 Å². The van der Waals surface area contributed by atoms with Crippen LogP contribution in [0.25, 0.3) is 6.08 Å². The Balaban J connectivity index is 2.02. The molecule has 0 unspecified atom stereocenters. The Morgan fingerprint density at radius 2 is 1.74 bits per heavy atom. The van der Waals surface area contributed by atoms with Gasteiger partial charge in [0.25, 0.3) is 0 Å². The van der Waals surface area contributed by atoms with Crippen molar-refractivity contribution in [3.8, 4) is 5.75 Å². The second-order valence-corrected chi connectivity index (χ2v) is 10.7. The average Bonchev–Trinajstić information content (AvgIpc) is 3.08. The van der Waals surface area contributed by atoms with E-state index >= 15 is 0 Å². The van der Waals surface area contributed by atoms with E-state index in [1.165, 1.54) is 12.1 Å². The zero-order valence-electron chi connectivity index (χ0n) is 19.2. The summed E-state index contributed by atoms with van der Waals surface area (Å²) in [7, 11) is 0. The molecule has 0 N–H and O–H groups in total. The molecule has 1 aliphatic rings. The summed E-state index contributed by atoms with van der Waals surface area (Å²) in [6.07, 6.45) is -7.62. The average molecular weight is 569 g/mol. The van der Waals surface area contributed by atoms with Crippen molar-refractivity contribution in [2.24, 2.45) is 5.92 Å². The van der Waals surface area contributed by atoms with Gasteiger partial charge in [-0.2, -0.15) is 0 Å². The van der Waals surface area contributed by atoms with Crippen LogP contribution >= 0.6 is 0 Å². The number of halogens is 6. The first-order chi connectivity index (χ1) is 16.3. The molecule has 0 bridgehead atoms. The number of rotatable bonds is 9. The van der Waals surface area contributed by atoms with Crippen molar-refractivity contribution in [2.45, 2.75) is 52.6 Å². The number of nitrogens with zero attached hydrogens (tertiary/aromatic N) is 2. The Hall–Kier alpha value is -2.46. The second-order valence-electron chi connectivity index (χ2n) is 8.44. The number of alkyl halides is 6. The Morgan fingerprint density at radius 1 is 1.09 bits per heavy atom. The van der Waals surface area contributed by atoms with Crippen LogP contribution < -0.4 is 29.9 Å². The predicted octanol–water partition coefficient (Wildman–Crippen LogP) is 4.50. The number of fused-ring (bicyclic) bond motifs is 1. The molecule has 2 aromatic rings. The van der Waals surface area contributed by atoms with Crippen molar-refractivity contribution in [3.63, 3.8) is 0 Å². The fraction of sp³-hybridized carbons (Fsp3) is 0.478. The van der Waals surface area contributed by atoms with Gasteiger partial charge in [-0.15, -0.1) is 0 Å². The standard InChI is InChI=1S/C23H24F6N2O3Se/c1-4-5-10-34-21-15(19(32)20(21)33)12-18-30(9-8-13(2)3)16-7-6-14(11-17(16)35-18)31(22(24,25)26)23(27,28)29/h6-7,11-13H,4-5,8-10H2,1-3H3. The zero-order valence-corrected chi connectivity index (χ0v) is 20.9. The maximum absolute atomic E-state index is 13.2. The fourth-order valence-corrected chi connectivity index (χ4v) is 5.94. The van der Waals surface area contributed by atoms with Gasteiger partial charge in [-0.3, -0.25) is 0 Å². The van der Waals surface area contributed by atoms with Gasteiger partial charge in [0, 0.05) is 0 Å². The molecule has 0 atom stereocenters. The van der Waals surface area contributed by atoms with Gasteiger partial charge in [0.05, 0.1) is 0 Å². The van der Waals surface area contributed by atoms with E-state index in [2.05, 4.69) is 0 Å². The molecule has 1 heterocycles. The van der Waals surface area contributed by atoms with Crippen molar-refractivity contribution in [1.82, 2.24) is 0 Å². The molecule has 0 saturated heterocycles. The topological polar surface area (TPSA) is 49.9 Å².